The van der Waals surface area contributed by atoms with Crippen LogP contribution in [-0.4, -0.2) is 50.7 Å². The number of allylic oxidation sites excluding steroid dienone is 1. The van der Waals surface area contributed by atoms with E-state index in [0.717, 1.165) is 55.4 Å². The summed E-state index contributed by atoms with van der Waals surface area (Å²) in [5.41, 5.74) is 2.13. The molecular formula is C25H28BrN5O3. The highest BCUT2D eigenvalue weighted by Gasteiger charge is 2.29. The molecule has 0 N–H and O–H groups in total. The van der Waals surface area contributed by atoms with Gasteiger partial charge in [0, 0.05) is 35.4 Å². The molecule has 1 atom stereocenters. The number of methoxy groups -OCH3 is 1. The zero-order valence-corrected chi connectivity index (χ0v) is 20.8. The van der Waals surface area contributed by atoms with Crippen molar-refractivity contribution in [1.29, 1.82) is 0 Å². The molecule has 3 aromatic rings. The molecule has 0 amide bonds. The number of rotatable bonds is 7. The van der Waals surface area contributed by atoms with E-state index in [2.05, 4.69) is 42.9 Å². The molecule has 1 fully saturated rings. The number of likely N-dealkylation sites (tertiary alicyclic amines) is 1. The van der Waals surface area contributed by atoms with Crippen molar-refractivity contribution in [2.75, 3.05) is 26.7 Å². The van der Waals surface area contributed by atoms with Gasteiger partial charge in [0.25, 0.3) is 11.1 Å². The average Bonchev–Trinajstić information content (AvgIpc) is 3.23. The Morgan fingerprint density at radius 1 is 1.15 bits per heavy atom. The van der Waals surface area contributed by atoms with Crippen LogP contribution in [0.4, 0.5) is 0 Å². The summed E-state index contributed by atoms with van der Waals surface area (Å²) in [6.07, 6.45) is 11.9. The number of nitrogens with zero attached hydrogens (tertiary/aromatic N) is 5. The third-order valence-corrected chi connectivity index (χ3v) is 7.36. The lowest BCUT2D eigenvalue weighted by Crippen LogP contribution is -2.39. The summed E-state index contributed by atoms with van der Waals surface area (Å²) in [7, 11) is 1.64. The smallest absolute Gasteiger partial charge is 0.270 e. The number of hydrogen-bond donors (Lipinski definition) is 0. The molecule has 34 heavy (non-hydrogen) atoms. The molecule has 0 saturated carbocycles. The molecule has 8 nitrogen and oxygen atoms in total. The van der Waals surface area contributed by atoms with Crippen LogP contribution in [0.1, 0.15) is 37.3 Å². The van der Waals surface area contributed by atoms with Crippen LogP contribution in [0.2, 0.25) is 0 Å². The number of ether oxygens (including phenoxy) is 1. The molecule has 1 unspecified atom stereocenters. The van der Waals surface area contributed by atoms with Crippen molar-refractivity contribution in [1.82, 2.24) is 24.0 Å². The van der Waals surface area contributed by atoms with Gasteiger partial charge in [0.05, 0.1) is 19.3 Å². The van der Waals surface area contributed by atoms with Gasteiger partial charge in [-0.2, -0.15) is 0 Å². The van der Waals surface area contributed by atoms with Gasteiger partial charge in [-0.3, -0.25) is 18.7 Å². The molecule has 1 saturated heterocycles. The van der Waals surface area contributed by atoms with Crippen LogP contribution < -0.4 is 15.9 Å². The molecule has 178 valence electrons. The lowest BCUT2D eigenvalue weighted by Gasteiger charge is -2.33. The van der Waals surface area contributed by atoms with Gasteiger partial charge in [-0.15, -0.1) is 0 Å². The molecule has 0 bridgehead atoms. The van der Waals surface area contributed by atoms with Gasteiger partial charge in [-0.25, -0.2) is 9.97 Å². The second-order valence-corrected chi connectivity index (χ2v) is 10.0. The zero-order chi connectivity index (χ0) is 23.7. The van der Waals surface area contributed by atoms with Crippen LogP contribution in [0, 0.1) is 5.92 Å². The van der Waals surface area contributed by atoms with Crippen LogP contribution in [0.25, 0.3) is 17.2 Å². The molecule has 0 aromatic carbocycles. The van der Waals surface area contributed by atoms with E-state index in [0.29, 0.717) is 29.5 Å². The third-order valence-electron chi connectivity index (χ3n) is 6.93. The topological polar surface area (TPSA) is 82.2 Å². The minimum atomic E-state index is -0.131. The summed E-state index contributed by atoms with van der Waals surface area (Å²) in [5, 5.41) is 0. The number of pyridine rings is 2. The van der Waals surface area contributed by atoms with Crippen molar-refractivity contribution in [3.63, 3.8) is 0 Å². The predicted octanol–water partition coefficient (Wildman–Crippen LogP) is 3.48. The maximum absolute atomic E-state index is 12.6. The maximum atomic E-state index is 12.6. The normalized spacial score (nSPS) is 18.8. The van der Waals surface area contributed by atoms with Gasteiger partial charge in [0.2, 0.25) is 5.88 Å². The molecule has 2 aliphatic heterocycles. The van der Waals surface area contributed by atoms with Crippen LogP contribution in [0.15, 0.2) is 50.7 Å². The fraction of sp³-hybridized carbons (Fsp3) is 0.440. The second kappa shape index (κ2) is 9.84. The van der Waals surface area contributed by atoms with Gasteiger partial charge in [-0.1, -0.05) is 12.2 Å². The molecule has 5 heterocycles. The fourth-order valence-electron chi connectivity index (χ4n) is 5.19. The lowest BCUT2D eigenvalue weighted by molar-refractivity contribution is 0.157. The Morgan fingerprint density at radius 2 is 1.97 bits per heavy atom. The van der Waals surface area contributed by atoms with E-state index in [9.17, 15) is 9.59 Å². The van der Waals surface area contributed by atoms with Crippen molar-refractivity contribution in [3.05, 3.63) is 67.4 Å². The van der Waals surface area contributed by atoms with Crippen molar-refractivity contribution < 1.29 is 4.74 Å². The Balaban J connectivity index is 1.15. The van der Waals surface area contributed by atoms with Crippen molar-refractivity contribution in [3.8, 4) is 5.88 Å². The van der Waals surface area contributed by atoms with Gasteiger partial charge in [0.15, 0.2) is 0 Å². The molecule has 5 rings (SSSR count). The third kappa shape index (κ3) is 4.59. The lowest BCUT2D eigenvalue weighted by atomic mass is 9.92. The first kappa shape index (κ1) is 23.0. The largest absolute Gasteiger partial charge is 0.481 e. The summed E-state index contributed by atoms with van der Waals surface area (Å²) in [4.78, 5) is 35.8. The average molecular weight is 526 g/mol. The first-order chi connectivity index (χ1) is 16.5. The van der Waals surface area contributed by atoms with Crippen molar-refractivity contribution >= 4 is 33.2 Å². The highest BCUT2D eigenvalue weighted by molar-refractivity contribution is 9.10. The van der Waals surface area contributed by atoms with Crippen molar-refractivity contribution in [2.45, 2.75) is 38.3 Å². The van der Waals surface area contributed by atoms with Crippen LogP contribution >= 0.6 is 15.9 Å². The van der Waals surface area contributed by atoms with E-state index in [4.69, 9.17) is 4.74 Å². The standard InChI is InChI=1S/C25H28BrN5O3/c1-34-24-18(12-19(26)13-28-24)5-3-2-4-17-8-10-29(11-9-17)15-20-16-30-22(32)7-6-21-25(30)31(20)23(33)14-27-21/h3,5-7,12-14,17,20H,2,4,8-11,15-16H2,1H3/b5-3+. The molecule has 3 aromatic heterocycles. The van der Waals surface area contributed by atoms with Gasteiger partial charge < -0.3 is 9.64 Å². The van der Waals surface area contributed by atoms with Gasteiger partial charge in [-0.05, 0) is 72.8 Å². The van der Waals surface area contributed by atoms with Crippen LogP contribution in [-0.2, 0) is 6.54 Å². The molecular weight excluding hydrogens is 498 g/mol. The number of hydrogen-bond acceptors (Lipinski definition) is 6. The van der Waals surface area contributed by atoms with Crippen molar-refractivity contribution in [2.24, 2.45) is 5.92 Å². The molecule has 2 aliphatic rings. The highest BCUT2D eigenvalue weighted by Crippen LogP contribution is 2.27. The predicted molar refractivity (Wildman–Crippen MR) is 135 cm³/mol. The highest BCUT2D eigenvalue weighted by atomic mass is 79.9. The maximum Gasteiger partial charge on any atom is 0.270 e. The Kier molecular flexibility index (Phi) is 6.65. The van der Waals surface area contributed by atoms with Gasteiger partial charge >= 0.3 is 0 Å². The van der Waals surface area contributed by atoms with E-state index in [1.54, 1.807) is 28.5 Å². The monoisotopic (exact) mass is 525 g/mol. The molecule has 0 spiro atoms. The first-order valence-electron chi connectivity index (χ1n) is 11.7. The summed E-state index contributed by atoms with van der Waals surface area (Å²) in [6.45, 7) is 3.35. The fourth-order valence-corrected chi connectivity index (χ4v) is 5.54. The van der Waals surface area contributed by atoms with Crippen LogP contribution in [0.3, 0.4) is 0 Å². The minimum absolute atomic E-state index is 0.0265. The Bertz CT molecular complexity index is 1340. The SMILES string of the molecule is COc1ncc(Br)cc1/C=C/CCC1CCN(CC2Cn3c(=O)ccc4ncc(=O)n2c43)CC1. The number of aromatic nitrogens is 4. The van der Waals surface area contributed by atoms with E-state index in [1.807, 2.05) is 6.07 Å². The minimum Gasteiger partial charge on any atom is -0.481 e. The summed E-state index contributed by atoms with van der Waals surface area (Å²) < 4.78 is 9.74. The molecule has 0 aliphatic carbocycles. The number of halogens is 1. The summed E-state index contributed by atoms with van der Waals surface area (Å²) in [6, 6.07) is 5.23. The Labute approximate surface area is 206 Å². The van der Waals surface area contributed by atoms with E-state index >= 15 is 0 Å². The second-order valence-electron chi connectivity index (χ2n) is 9.09. The summed E-state index contributed by atoms with van der Waals surface area (Å²) in [5.74, 6) is 1.33. The molecule has 0 radical (unpaired) electrons. The first-order valence-corrected chi connectivity index (χ1v) is 12.5. The van der Waals surface area contributed by atoms with Crippen LogP contribution in [0.5, 0.6) is 5.88 Å². The quantitative estimate of drug-likeness (QED) is 0.469. The van der Waals surface area contributed by atoms with Gasteiger partial charge in [0.1, 0.15) is 11.2 Å². The zero-order valence-electron chi connectivity index (χ0n) is 19.2. The van der Waals surface area contributed by atoms with E-state index in [-0.39, 0.29) is 17.2 Å². The van der Waals surface area contributed by atoms with E-state index in [1.165, 1.54) is 12.3 Å². The Morgan fingerprint density at radius 3 is 2.76 bits per heavy atom. The summed E-state index contributed by atoms with van der Waals surface area (Å²) >= 11 is 3.46. The van der Waals surface area contributed by atoms with E-state index < -0.39 is 0 Å². The molecule has 9 heteroatoms. The Hall–Kier alpha value is -2.78. The number of piperidine rings is 1.